The minimum absolute atomic E-state index is 0.0974. The molecular weight excluding hydrogens is 355 g/mol. The molecule has 0 unspecified atom stereocenters. The smallest absolute Gasteiger partial charge is 0.258 e. The maximum absolute atomic E-state index is 13.8. The van der Waals surface area contributed by atoms with Gasteiger partial charge in [-0.15, -0.1) is 0 Å². The van der Waals surface area contributed by atoms with Gasteiger partial charge in [-0.25, -0.2) is 22.0 Å². The van der Waals surface area contributed by atoms with E-state index in [0.29, 0.717) is 24.3 Å². The first-order chi connectivity index (χ1) is 12.2. The van der Waals surface area contributed by atoms with Gasteiger partial charge in [-0.2, -0.15) is 0 Å². The molecule has 2 aromatic carbocycles. The molecule has 8 heteroatoms. The van der Waals surface area contributed by atoms with Crippen molar-refractivity contribution in [3.8, 4) is 0 Å². The van der Waals surface area contributed by atoms with Gasteiger partial charge in [0.1, 0.15) is 5.69 Å². The van der Waals surface area contributed by atoms with Crippen LogP contribution in [0.3, 0.4) is 0 Å². The Morgan fingerprint density at radius 3 is 1.92 bits per heavy atom. The highest BCUT2D eigenvalue weighted by Crippen LogP contribution is 2.29. The normalized spacial score (nSPS) is 10.8. The first kappa shape index (κ1) is 19.7. The molecule has 0 aliphatic carbocycles. The lowest BCUT2D eigenvalue weighted by Gasteiger charge is -2.25. The van der Waals surface area contributed by atoms with E-state index in [1.165, 1.54) is 0 Å². The van der Waals surface area contributed by atoms with Crippen LogP contribution in [0.5, 0.6) is 0 Å². The molecule has 26 heavy (non-hydrogen) atoms. The number of hydrogen-bond acceptors (Lipinski definition) is 2. The summed E-state index contributed by atoms with van der Waals surface area (Å²) in [4.78, 5) is 14.4. The maximum atomic E-state index is 13.8. The molecular formula is C18H17F5N2O. The Balaban J connectivity index is 2.54. The number of nitrogens with one attached hydrogen (secondary N) is 1. The van der Waals surface area contributed by atoms with E-state index in [4.69, 9.17) is 0 Å². The van der Waals surface area contributed by atoms with E-state index in [2.05, 4.69) is 0 Å². The van der Waals surface area contributed by atoms with E-state index in [9.17, 15) is 26.7 Å². The van der Waals surface area contributed by atoms with Gasteiger partial charge in [0.2, 0.25) is 5.82 Å². The zero-order chi connectivity index (χ0) is 19.6. The van der Waals surface area contributed by atoms with Crippen molar-refractivity contribution in [3.05, 3.63) is 58.4 Å². The zero-order valence-corrected chi connectivity index (χ0v) is 14.4. The van der Waals surface area contributed by atoms with Crippen LogP contribution in [0.25, 0.3) is 0 Å². The van der Waals surface area contributed by atoms with Crippen LogP contribution in [0.1, 0.15) is 29.8 Å². The summed E-state index contributed by atoms with van der Waals surface area (Å²) in [6.07, 6.45) is 0. The summed E-state index contributed by atoms with van der Waals surface area (Å²) in [6, 6.07) is 4.96. The third-order valence-corrected chi connectivity index (χ3v) is 4.03. The first-order valence-corrected chi connectivity index (χ1v) is 7.91. The number of amides is 1. The number of halogens is 5. The van der Waals surface area contributed by atoms with Gasteiger partial charge in [0, 0.05) is 18.8 Å². The molecule has 0 fully saturated rings. The van der Waals surface area contributed by atoms with E-state index in [-0.39, 0.29) is 5.56 Å². The van der Waals surface area contributed by atoms with Crippen molar-refractivity contribution in [2.75, 3.05) is 23.3 Å². The number of rotatable bonds is 5. The van der Waals surface area contributed by atoms with Crippen molar-refractivity contribution in [2.24, 2.45) is 0 Å². The maximum Gasteiger partial charge on any atom is 0.258 e. The Bertz CT molecular complexity index is 821. The lowest BCUT2D eigenvalue weighted by Crippen LogP contribution is -2.26. The molecule has 2 rings (SSSR count). The molecule has 0 saturated carbocycles. The monoisotopic (exact) mass is 372 g/mol. The molecule has 0 aromatic heterocycles. The molecule has 2 aromatic rings. The lowest BCUT2D eigenvalue weighted by molar-refractivity contribution is 0.102. The van der Waals surface area contributed by atoms with Crippen LogP contribution in [0.2, 0.25) is 0 Å². The SMILES string of the molecule is CCN(CC)c1cccc(C)c1C(=O)Nc1c(F)c(F)c(F)c(F)c1F. The summed E-state index contributed by atoms with van der Waals surface area (Å²) in [6.45, 7) is 6.45. The quantitative estimate of drug-likeness (QED) is 0.465. The van der Waals surface area contributed by atoms with Crippen LogP contribution in [-0.4, -0.2) is 19.0 Å². The number of nitrogens with zero attached hydrogens (tertiary/aromatic N) is 1. The van der Waals surface area contributed by atoms with Gasteiger partial charge in [-0.05, 0) is 32.4 Å². The van der Waals surface area contributed by atoms with Crippen molar-refractivity contribution in [1.29, 1.82) is 0 Å². The molecule has 0 aliphatic rings. The minimum atomic E-state index is -2.28. The van der Waals surface area contributed by atoms with E-state index >= 15 is 0 Å². The van der Waals surface area contributed by atoms with Crippen molar-refractivity contribution < 1.29 is 26.7 Å². The fourth-order valence-corrected chi connectivity index (χ4v) is 2.67. The second-order valence-electron chi connectivity index (χ2n) is 5.54. The van der Waals surface area contributed by atoms with Gasteiger partial charge in [0.25, 0.3) is 5.91 Å². The van der Waals surface area contributed by atoms with E-state index < -0.39 is 40.7 Å². The highest BCUT2D eigenvalue weighted by molar-refractivity contribution is 6.09. The van der Waals surface area contributed by atoms with E-state index in [1.54, 1.807) is 25.1 Å². The van der Waals surface area contributed by atoms with Crippen LogP contribution >= 0.6 is 0 Å². The van der Waals surface area contributed by atoms with Gasteiger partial charge in [0.15, 0.2) is 23.3 Å². The summed E-state index contributed by atoms with van der Waals surface area (Å²) < 4.78 is 67.4. The van der Waals surface area contributed by atoms with Crippen molar-refractivity contribution in [1.82, 2.24) is 0 Å². The average molecular weight is 372 g/mol. The van der Waals surface area contributed by atoms with Gasteiger partial charge in [-0.1, -0.05) is 12.1 Å². The number of carbonyl (C=O) groups is 1. The lowest BCUT2D eigenvalue weighted by atomic mass is 10.0. The molecule has 0 heterocycles. The third-order valence-electron chi connectivity index (χ3n) is 4.03. The standard InChI is InChI=1S/C18H17F5N2O/c1-4-25(5-2)10-8-6-7-9(3)11(10)18(26)24-17-15(22)13(20)12(19)14(21)16(17)23/h6-8H,4-5H2,1-3H3,(H,24,26). The average Bonchev–Trinajstić information content (AvgIpc) is 2.63. The Morgan fingerprint density at radius 2 is 1.42 bits per heavy atom. The minimum Gasteiger partial charge on any atom is -0.371 e. The molecule has 0 bridgehead atoms. The van der Waals surface area contributed by atoms with E-state index in [0.717, 1.165) is 0 Å². The Labute approximate surface area is 147 Å². The summed E-state index contributed by atoms with van der Waals surface area (Å²) in [5.41, 5.74) is -0.285. The predicted molar refractivity (Wildman–Crippen MR) is 88.9 cm³/mol. The molecule has 0 saturated heterocycles. The summed E-state index contributed by atoms with van der Waals surface area (Å²) >= 11 is 0. The molecule has 1 N–H and O–H groups in total. The predicted octanol–water partition coefficient (Wildman–Crippen LogP) is 4.79. The van der Waals surface area contributed by atoms with Crippen molar-refractivity contribution in [3.63, 3.8) is 0 Å². The Morgan fingerprint density at radius 1 is 0.923 bits per heavy atom. The summed E-state index contributed by atoms with van der Waals surface area (Å²) in [7, 11) is 0. The van der Waals surface area contributed by atoms with Gasteiger partial charge >= 0.3 is 0 Å². The van der Waals surface area contributed by atoms with Crippen molar-refractivity contribution in [2.45, 2.75) is 20.8 Å². The van der Waals surface area contributed by atoms with Crippen LogP contribution in [0.15, 0.2) is 18.2 Å². The molecule has 0 atom stereocenters. The highest BCUT2D eigenvalue weighted by atomic mass is 19.2. The summed E-state index contributed by atoms with van der Waals surface area (Å²) in [5.74, 6) is -11.7. The number of benzene rings is 2. The number of anilines is 2. The van der Waals surface area contributed by atoms with Gasteiger partial charge < -0.3 is 10.2 Å². The van der Waals surface area contributed by atoms with Crippen LogP contribution < -0.4 is 10.2 Å². The molecule has 0 spiro atoms. The fourth-order valence-electron chi connectivity index (χ4n) is 2.67. The van der Waals surface area contributed by atoms with Crippen LogP contribution in [0.4, 0.5) is 33.3 Å². The largest absolute Gasteiger partial charge is 0.371 e. The molecule has 140 valence electrons. The highest BCUT2D eigenvalue weighted by Gasteiger charge is 2.28. The third kappa shape index (κ3) is 3.36. The molecule has 0 aliphatic heterocycles. The van der Waals surface area contributed by atoms with Gasteiger partial charge in [-0.3, -0.25) is 4.79 Å². The second-order valence-corrected chi connectivity index (χ2v) is 5.54. The second kappa shape index (κ2) is 7.72. The van der Waals surface area contributed by atoms with E-state index in [1.807, 2.05) is 24.1 Å². The number of aryl methyl sites for hydroxylation is 1. The Hall–Kier alpha value is -2.64. The first-order valence-electron chi connectivity index (χ1n) is 7.91. The summed E-state index contributed by atoms with van der Waals surface area (Å²) in [5, 5.41) is 1.83. The fraction of sp³-hybridized carbons (Fsp3) is 0.278. The van der Waals surface area contributed by atoms with Crippen LogP contribution in [-0.2, 0) is 0 Å². The van der Waals surface area contributed by atoms with Gasteiger partial charge in [0.05, 0.1) is 5.56 Å². The number of carbonyl (C=O) groups excluding carboxylic acids is 1. The molecule has 0 radical (unpaired) electrons. The topological polar surface area (TPSA) is 32.3 Å². The van der Waals surface area contributed by atoms with Crippen LogP contribution in [0, 0.1) is 36.0 Å². The molecule has 3 nitrogen and oxygen atoms in total. The Kier molecular flexibility index (Phi) is 5.84. The van der Waals surface area contributed by atoms with Crippen molar-refractivity contribution >= 4 is 17.3 Å². The zero-order valence-electron chi connectivity index (χ0n) is 14.4. The number of hydrogen-bond donors (Lipinski definition) is 1. The molecule has 1 amide bonds.